The van der Waals surface area contributed by atoms with Gasteiger partial charge in [0.25, 0.3) is 0 Å². The van der Waals surface area contributed by atoms with E-state index in [0.717, 1.165) is 16.0 Å². The molecule has 2 rings (SSSR count). The molecule has 2 aromatic carbocycles. The van der Waals surface area contributed by atoms with Crippen LogP contribution in [-0.4, -0.2) is 26.3 Å². The standard InChI is InChI=1S/C21H27NO3S2/c1-21(2,3)18-9-11-19(12-10-18)26-14-20(23)22-13-16-5-7-17(8-6-16)15-27(4,24)25/h5-12H,13-15H2,1-4H3,(H,22,23). The third-order valence-corrected chi connectivity index (χ3v) is 5.90. The Morgan fingerprint density at radius 3 is 2.04 bits per heavy atom. The summed E-state index contributed by atoms with van der Waals surface area (Å²) in [6.45, 7) is 6.96. The van der Waals surface area contributed by atoms with Crippen LogP contribution in [0.4, 0.5) is 0 Å². The van der Waals surface area contributed by atoms with Crippen LogP contribution in [0.1, 0.15) is 37.5 Å². The molecule has 6 heteroatoms. The van der Waals surface area contributed by atoms with E-state index in [4.69, 9.17) is 0 Å². The van der Waals surface area contributed by atoms with Gasteiger partial charge in [-0.05, 0) is 34.2 Å². The first kappa shape index (κ1) is 21.5. The predicted octanol–water partition coefficient (Wildman–Crippen LogP) is 3.94. The Morgan fingerprint density at radius 1 is 0.963 bits per heavy atom. The normalized spacial score (nSPS) is 12.0. The number of benzene rings is 2. The van der Waals surface area contributed by atoms with Gasteiger partial charge in [-0.3, -0.25) is 4.79 Å². The number of sulfone groups is 1. The highest BCUT2D eigenvalue weighted by Gasteiger charge is 2.13. The fourth-order valence-corrected chi connectivity index (χ4v) is 4.03. The van der Waals surface area contributed by atoms with Crippen molar-refractivity contribution in [3.8, 4) is 0 Å². The maximum Gasteiger partial charge on any atom is 0.230 e. The van der Waals surface area contributed by atoms with Crippen molar-refractivity contribution in [1.82, 2.24) is 5.32 Å². The van der Waals surface area contributed by atoms with Gasteiger partial charge in [0, 0.05) is 17.7 Å². The first-order valence-corrected chi connectivity index (χ1v) is 11.8. The number of carbonyl (C=O) groups is 1. The fraction of sp³-hybridized carbons (Fsp3) is 0.381. The van der Waals surface area contributed by atoms with Crippen molar-refractivity contribution >= 4 is 27.5 Å². The van der Waals surface area contributed by atoms with Crippen molar-refractivity contribution in [3.63, 3.8) is 0 Å². The van der Waals surface area contributed by atoms with Crippen LogP contribution in [0.3, 0.4) is 0 Å². The zero-order chi connectivity index (χ0) is 20.1. The summed E-state index contributed by atoms with van der Waals surface area (Å²) >= 11 is 1.51. The van der Waals surface area contributed by atoms with Gasteiger partial charge >= 0.3 is 0 Å². The average molecular weight is 406 g/mol. The maximum atomic E-state index is 12.1. The van der Waals surface area contributed by atoms with Crippen LogP contribution >= 0.6 is 11.8 Å². The fourth-order valence-electron chi connectivity index (χ4n) is 2.51. The number of thioether (sulfide) groups is 1. The summed E-state index contributed by atoms with van der Waals surface area (Å²) in [5.41, 5.74) is 3.09. The van der Waals surface area contributed by atoms with Crippen LogP contribution in [0.25, 0.3) is 0 Å². The highest BCUT2D eigenvalue weighted by molar-refractivity contribution is 8.00. The Labute approximate surface area is 166 Å². The molecule has 0 bridgehead atoms. The lowest BCUT2D eigenvalue weighted by Gasteiger charge is -2.19. The smallest absolute Gasteiger partial charge is 0.230 e. The highest BCUT2D eigenvalue weighted by Crippen LogP contribution is 2.25. The van der Waals surface area contributed by atoms with Gasteiger partial charge in [-0.25, -0.2) is 8.42 Å². The van der Waals surface area contributed by atoms with E-state index >= 15 is 0 Å². The SMILES string of the molecule is CC(C)(C)c1ccc(SCC(=O)NCc2ccc(CS(C)(=O)=O)cc2)cc1. The minimum Gasteiger partial charge on any atom is -0.351 e. The molecule has 0 saturated carbocycles. The Hall–Kier alpha value is -1.79. The Bertz CT molecular complexity index is 865. The zero-order valence-electron chi connectivity index (χ0n) is 16.3. The van der Waals surface area contributed by atoms with E-state index in [0.29, 0.717) is 12.3 Å². The monoisotopic (exact) mass is 405 g/mol. The van der Waals surface area contributed by atoms with Crippen molar-refractivity contribution in [2.45, 2.75) is 43.4 Å². The van der Waals surface area contributed by atoms with E-state index in [1.54, 1.807) is 12.1 Å². The van der Waals surface area contributed by atoms with Crippen molar-refractivity contribution in [3.05, 3.63) is 65.2 Å². The highest BCUT2D eigenvalue weighted by atomic mass is 32.2. The summed E-state index contributed by atoms with van der Waals surface area (Å²) in [5, 5.41) is 2.89. The number of hydrogen-bond donors (Lipinski definition) is 1. The van der Waals surface area contributed by atoms with Gasteiger partial charge in [0.2, 0.25) is 5.91 Å². The molecule has 146 valence electrons. The second-order valence-corrected chi connectivity index (χ2v) is 10.9. The third kappa shape index (κ3) is 7.77. The first-order valence-electron chi connectivity index (χ1n) is 8.78. The quantitative estimate of drug-likeness (QED) is 0.709. The molecule has 0 aliphatic rings. The maximum absolute atomic E-state index is 12.1. The van der Waals surface area contributed by atoms with Crippen molar-refractivity contribution in [2.24, 2.45) is 0 Å². The van der Waals surface area contributed by atoms with Gasteiger partial charge in [-0.1, -0.05) is 57.2 Å². The number of nitrogens with one attached hydrogen (secondary N) is 1. The van der Waals surface area contributed by atoms with E-state index in [-0.39, 0.29) is 17.1 Å². The summed E-state index contributed by atoms with van der Waals surface area (Å²) in [4.78, 5) is 13.1. The van der Waals surface area contributed by atoms with Gasteiger partial charge in [-0.15, -0.1) is 11.8 Å². The molecule has 0 spiro atoms. The average Bonchev–Trinajstić information content (AvgIpc) is 2.57. The van der Waals surface area contributed by atoms with E-state index in [9.17, 15) is 13.2 Å². The van der Waals surface area contributed by atoms with Crippen LogP contribution < -0.4 is 5.32 Å². The summed E-state index contributed by atoms with van der Waals surface area (Å²) in [6, 6.07) is 15.6. The molecule has 0 heterocycles. The molecule has 0 unspecified atom stereocenters. The van der Waals surface area contributed by atoms with E-state index in [1.165, 1.54) is 23.6 Å². The minimum absolute atomic E-state index is 0.0277. The molecule has 0 fully saturated rings. The van der Waals surface area contributed by atoms with Crippen LogP contribution in [-0.2, 0) is 32.3 Å². The predicted molar refractivity (Wildman–Crippen MR) is 113 cm³/mol. The Kier molecular flexibility index (Phi) is 7.12. The lowest BCUT2D eigenvalue weighted by molar-refractivity contribution is -0.118. The summed E-state index contributed by atoms with van der Waals surface area (Å²) < 4.78 is 22.6. The van der Waals surface area contributed by atoms with Crippen molar-refractivity contribution in [1.29, 1.82) is 0 Å². The van der Waals surface area contributed by atoms with Gasteiger partial charge in [0.05, 0.1) is 11.5 Å². The molecule has 1 N–H and O–H groups in total. The van der Waals surface area contributed by atoms with Crippen LogP contribution in [0.2, 0.25) is 0 Å². The number of hydrogen-bond acceptors (Lipinski definition) is 4. The van der Waals surface area contributed by atoms with Crippen LogP contribution in [0, 0.1) is 0 Å². The molecule has 4 nitrogen and oxygen atoms in total. The second kappa shape index (κ2) is 8.93. The second-order valence-electron chi connectivity index (χ2n) is 7.73. The summed E-state index contributed by atoms with van der Waals surface area (Å²) in [7, 11) is -3.03. The first-order chi connectivity index (χ1) is 12.5. The zero-order valence-corrected chi connectivity index (χ0v) is 17.9. The molecule has 0 atom stereocenters. The molecule has 0 aliphatic heterocycles. The lowest BCUT2D eigenvalue weighted by atomic mass is 9.87. The number of rotatable bonds is 7. The molecule has 0 saturated heterocycles. The third-order valence-electron chi connectivity index (χ3n) is 4.03. The molecule has 0 aliphatic carbocycles. The van der Waals surface area contributed by atoms with Gasteiger partial charge in [-0.2, -0.15) is 0 Å². The van der Waals surface area contributed by atoms with Gasteiger partial charge in [0.1, 0.15) is 0 Å². The molecular formula is C21H27NO3S2. The molecule has 27 heavy (non-hydrogen) atoms. The summed E-state index contributed by atoms with van der Waals surface area (Å²) in [6.07, 6.45) is 1.22. The number of amides is 1. The Morgan fingerprint density at radius 2 is 1.52 bits per heavy atom. The molecule has 0 radical (unpaired) electrons. The van der Waals surface area contributed by atoms with Crippen LogP contribution in [0.15, 0.2) is 53.4 Å². The number of carbonyl (C=O) groups excluding carboxylic acids is 1. The van der Waals surface area contributed by atoms with Gasteiger partial charge < -0.3 is 5.32 Å². The van der Waals surface area contributed by atoms with Gasteiger partial charge in [0.15, 0.2) is 9.84 Å². The molecule has 1 amide bonds. The topological polar surface area (TPSA) is 63.2 Å². The van der Waals surface area contributed by atoms with Crippen molar-refractivity contribution in [2.75, 3.05) is 12.0 Å². The van der Waals surface area contributed by atoms with E-state index < -0.39 is 9.84 Å². The largest absolute Gasteiger partial charge is 0.351 e. The van der Waals surface area contributed by atoms with Crippen molar-refractivity contribution < 1.29 is 13.2 Å². The summed E-state index contributed by atoms with van der Waals surface area (Å²) in [5.74, 6) is 0.366. The molecular weight excluding hydrogens is 378 g/mol. The Balaban J connectivity index is 1.79. The lowest BCUT2D eigenvalue weighted by Crippen LogP contribution is -2.24. The van der Waals surface area contributed by atoms with E-state index in [2.05, 4.69) is 50.4 Å². The molecule has 2 aromatic rings. The van der Waals surface area contributed by atoms with E-state index in [1.807, 2.05) is 12.1 Å². The van der Waals surface area contributed by atoms with Crippen LogP contribution in [0.5, 0.6) is 0 Å². The molecule has 0 aromatic heterocycles. The minimum atomic E-state index is -3.03.